The third-order valence-corrected chi connectivity index (χ3v) is 3.94. The van der Waals surface area contributed by atoms with Crippen molar-refractivity contribution < 1.29 is 4.79 Å². The minimum atomic E-state index is -0.579. The number of aryl methyl sites for hydroxylation is 1. The summed E-state index contributed by atoms with van der Waals surface area (Å²) in [6.07, 6.45) is 4.75. The van der Waals surface area contributed by atoms with Crippen LogP contribution in [0, 0.1) is 6.92 Å². The molecule has 0 bridgehead atoms. The number of nitrogens with zero attached hydrogens (tertiary/aromatic N) is 3. The molecule has 104 valence electrons. The quantitative estimate of drug-likeness (QED) is 0.805. The van der Waals surface area contributed by atoms with Crippen LogP contribution in [0.4, 0.5) is 0 Å². The Labute approximate surface area is 125 Å². The molecule has 1 amide bonds. The topological polar surface area (TPSA) is 81.8 Å². The lowest BCUT2D eigenvalue weighted by atomic mass is 10.0. The average Bonchev–Trinajstić information content (AvgIpc) is 3.02. The van der Waals surface area contributed by atoms with Gasteiger partial charge in [0, 0.05) is 11.8 Å². The van der Waals surface area contributed by atoms with Crippen LogP contribution in [0.25, 0.3) is 21.7 Å². The van der Waals surface area contributed by atoms with Crippen LogP contribution in [0.3, 0.4) is 0 Å². The fourth-order valence-corrected chi connectivity index (χ4v) is 2.60. The largest absolute Gasteiger partial charge is 0.364 e. The molecule has 0 spiro atoms. The Balaban J connectivity index is 2.05. The molecule has 21 heavy (non-hydrogen) atoms. The van der Waals surface area contributed by atoms with Gasteiger partial charge in [-0.3, -0.25) is 9.78 Å². The van der Waals surface area contributed by atoms with Gasteiger partial charge in [0.05, 0.1) is 23.0 Å². The lowest BCUT2D eigenvalue weighted by Crippen LogP contribution is -2.13. The molecule has 0 saturated carbocycles. The van der Waals surface area contributed by atoms with Crippen LogP contribution in [-0.4, -0.2) is 20.2 Å². The van der Waals surface area contributed by atoms with Crippen molar-refractivity contribution in [1.82, 2.24) is 14.3 Å². The van der Waals surface area contributed by atoms with Gasteiger partial charge >= 0.3 is 0 Å². The van der Waals surface area contributed by atoms with E-state index in [2.05, 4.69) is 26.5 Å². The molecular weight excluding hydrogens is 284 g/mol. The smallest absolute Gasteiger partial charge is 0.268 e. The van der Waals surface area contributed by atoms with Crippen LogP contribution in [0.15, 0.2) is 42.9 Å². The van der Waals surface area contributed by atoms with Crippen LogP contribution in [-0.2, 0) is 0 Å². The van der Waals surface area contributed by atoms with Gasteiger partial charge in [0.25, 0.3) is 5.91 Å². The monoisotopic (exact) mass is 296 g/mol. The van der Waals surface area contributed by atoms with Crippen molar-refractivity contribution in [2.45, 2.75) is 6.92 Å². The minimum absolute atomic E-state index is 0.162. The molecule has 0 unspecified atom stereocenters. The highest BCUT2D eigenvalue weighted by Crippen LogP contribution is 2.29. The minimum Gasteiger partial charge on any atom is -0.364 e. The van der Waals surface area contributed by atoms with Gasteiger partial charge in [0.15, 0.2) is 0 Å². The Morgan fingerprint density at radius 3 is 2.67 bits per heavy atom. The zero-order valence-corrected chi connectivity index (χ0v) is 12.1. The summed E-state index contributed by atoms with van der Waals surface area (Å²) in [7, 11) is 0. The molecule has 2 heterocycles. The molecule has 5 nitrogen and oxygen atoms in total. The molecule has 0 aliphatic carbocycles. The highest BCUT2D eigenvalue weighted by Gasteiger charge is 2.09. The van der Waals surface area contributed by atoms with Crippen molar-refractivity contribution >= 4 is 17.4 Å². The molecule has 0 aliphatic rings. The lowest BCUT2D eigenvalue weighted by Gasteiger charge is -2.07. The van der Waals surface area contributed by atoms with Crippen molar-refractivity contribution in [1.29, 1.82) is 0 Å². The van der Waals surface area contributed by atoms with Gasteiger partial charge in [0.2, 0.25) is 0 Å². The van der Waals surface area contributed by atoms with E-state index in [1.54, 1.807) is 12.4 Å². The van der Waals surface area contributed by atoms with Crippen molar-refractivity contribution in [3.63, 3.8) is 0 Å². The number of carbonyl (C=O) groups excluding carboxylic acids is 1. The summed E-state index contributed by atoms with van der Waals surface area (Å²) >= 11 is 1.44. The SMILES string of the molecule is Cc1ccc(-c2ccns2)cc1-c1cnc(C(N)=O)cn1. The van der Waals surface area contributed by atoms with Crippen LogP contribution < -0.4 is 5.73 Å². The maximum absolute atomic E-state index is 11.0. The molecule has 1 aromatic carbocycles. The fraction of sp³-hybridized carbons (Fsp3) is 0.0667. The molecular formula is C15H12N4OS. The molecule has 0 atom stereocenters. The zero-order chi connectivity index (χ0) is 14.8. The Morgan fingerprint density at radius 2 is 2.05 bits per heavy atom. The Morgan fingerprint density at radius 1 is 1.19 bits per heavy atom. The van der Waals surface area contributed by atoms with Gasteiger partial charge in [-0.1, -0.05) is 12.1 Å². The number of hydrogen-bond donors (Lipinski definition) is 1. The second-order valence-corrected chi connectivity index (χ2v) is 5.39. The molecule has 3 rings (SSSR count). The van der Waals surface area contributed by atoms with Crippen molar-refractivity contribution in [2.75, 3.05) is 0 Å². The van der Waals surface area contributed by atoms with Gasteiger partial charge in [0.1, 0.15) is 5.69 Å². The molecule has 0 saturated heterocycles. The van der Waals surface area contributed by atoms with E-state index in [0.717, 1.165) is 21.6 Å². The molecule has 3 aromatic rings. The summed E-state index contributed by atoms with van der Waals surface area (Å²) in [5, 5.41) is 0. The number of hydrogen-bond acceptors (Lipinski definition) is 5. The number of primary amides is 1. The number of nitrogens with two attached hydrogens (primary N) is 1. The summed E-state index contributed by atoms with van der Waals surface area (Å²) in [6.45, 7) is 2.01. The normalized spacial score (nSPS) is 10.5. The second kappa shape index (κ2) is 5.41. The lowest BCUT2D eigenvalue weighted by molar-refractivity contribution is 0.0995. The molecule has 2 N–H and O–H groups in total. The van der Waals surface area contributed by atoms with E-state index >= 15 is 0 Å². The van der Waals surface area contributed by atoms with E-state index in [4.69, 9.17) is 5.73 Å². The van der Waals surface area contributed by atoms with Gasteiger partial charge < -0.3 is 5.73 Å². The van der Waals surface area contributed by atoms with Crippen molar-refractivity contribution in [2.24, 2.45) is 5.73 Å². The van der Waals surface area contributed by atoms with E-state index in [9.17, 15) is 4.79 Å². The number of aromatic nitrogens is 3. The van der Waals surface area contributed by atoms with Crippen LogP contribution in [0.1, 0.15) is 16.1 Å². The highest BCUT2D eigenvalue weighted by atomic mass is 32.1. The first-order valence-electron chi connectivity index (χ1n) is 6.29. The van der Waals surface area contributed by atoms with Crippen LogP contribution in [0.2, 0.25) is 0 Å². The number of carbonyl (C=O) groups is 1. The molecule has 0 radical (unpaired) electrons. The van der Waals surface area contributed by atoms with Crippen molar-refractivity contribution in [3.8, 4) is 21.7 Å². The van der Waals surface area contributed by atoms with E-state index in [0.29, 0.717) is 5.69 Å². The van der Waals surface area contributed by atoms with Gasteiger partial charge in [-0.05, 0) is 41.7 Å². The summed E-state index contributed by atoms with van der Waals surface area (Å²) in [4.78, 5) is 20.5. The van der Waals surface area contributed by atoms with Gasteiger partial charge in [-0.15, -0.1) is 0 Å². The first kappa shape index (κ1) is 13.4. The van der Waals surface area contributed by atoms with Gasteiger partial charge in [-0.25, -0.2) is 9.36 Å². The van der Waals surface area contributed by atoms with Gasteiger partial charge in [-0.2, -0.15) is 0 Å². The average molecular weight is 296 g/mol. The first-order chi connectivity index (χ1) is 10.1. The predicted octanol–water partition coefficient (Wildman–Crippen LogP) is 2.67. The summed E-state index contributed by atoms with van der Waals surface area (Å²) < 4.78 is 4.12. The Hall–Kier alpha value is -2.60. The van der Waals surface area contributed by atoms with E-state index < -0.39 is 5.91 Å². The van der Waals surface area contributed by atoms with Crippen LogP contribution >= 0.6 is 11.5 Å². The predicted molar refractivity (Wildman–Crippen MR) is 81.8 cm³/mol. The maximum atomic E-state index is 11.0. The number of benzene rings is 1. The third kappa shape index (κ3) is 2.66. The molecule has 2 aromatic heterocycles. The molecule has 0 aliphatic heterocycles. The standard InChI is InChI=1S/C15H12N4OS/c1-9-2-3-10(14-4-5-19-21-14)6-11(9)12-7-18-13(8-17-12)15(16)20/h2-8H,1H3,(H2,16,20). The maximum Gasteiger partial charge on any atom is 0.268 e. The van der Waals surface area contributed by atoms with Crippen LogP contribution in [0.5, 0.6) is 0 Å². The van der Waals surface area contributed by atoms with E-state index in [1.165, 1.54) is 17.7 Å². The second-order valence-electron chi connectivity index (χ2n) is 4.56. The fourth-order valence-electron chi connectivity index (χ4n) is 2.01. The first-order valence-corrected chi connectivity index (χ1v) is 7.06. The molecule has 6 heteroatoms. The van der Waals surface area contributed by atoms with E-state index in [1.807, 2.05) is 19.1 Å². The van der Waals surface area contributed by atoms with E-state index in [-0.39, 0.29) is 5.69 Å². The Bertz CT molecular complexity index is 782. The number of rotatable bonds is 3. The number of amides is 1. The summed E-state index contributed by atoms with van der Waals surface area (Å²) in [5.74, 6) is -0.579. The summed E-state index contributed by atoms with van der Waals surface area (Å²) in [6, 6.07) is 8.11. The highest BCUT2D eigenvalue weighted by molar-refractivity contribution is 7.09. The summed E-state index contributed by atoms with van der Waals surface area (Å²) in [5.41, 5.74) is 9.19. The molecule has 0 fully saturated rings. The van der Waals surface area contributed by atoms with Crippen molar-refractivity contribution in [3.05, 3.63) is 54.1 Å². The zero-order valence-electron chi connectivity index (χ0n) is 11.3. The Kier molecular flexibility index (Phi) is 3.45. The third-order valence-electron chi connectivity index (χ3n) is 3.14.